The Morgan fingerprint density at radius 1 is 1.19 bits per heavy atom. The van der Waals surface area contributed by atoms with Crippen molar-refractivity contribution < 1.29 is 38.3 Å². The lowest BCUT2D eigenvalue weighted by Gasteiger charge is -2.20. The van der Waals surface area contributed by atoms with Crippen LogP contribution >= 0.6 is 0 Å². The molecular formula is C23H30O8. The second-order valence-corrected chi connectivity index (χ2v) is 7.76. The van der Waals surface area contributed by atoms with E-state index in [1.54, 1.807) is 30.4 Å². The summed E-state index contributed by atoms with van der Waals surface area (Å²) in [5.74, 6) is -0.476. The topological polar surface area (TPSA) is 92.7 Å². The van der Waals surface area contributed by atoms with Crippen molar-refractivity contribution in [2.45, 2.75) is 50.8 Å². The number of cyclic esters (lactones) is 1. The molecule has 3 unspecified atom stereocenters. The summed E-state index contributed by atoms with van der Waals surface area (Å²) >= 11 is 0. The molecule has 1 fully saturated rings. The van der Waals surface area contributed by atoms with Crippen LogP contribution in [0, 0.1) is 0 Å². The third-order valence-electron chi connectivity index (χ3n) is 4.95. The molecule has 0 bridgehead atoms. The van der Waals surface area contributed by atoms with Crippen molar-refractivity contribution in [3.8, 4) is 11.5 Å². The SMILES string of the molecule is COCOc1cc(OC)cc2c1C(=O)OCC/C=C\C(O)C1OC(C)(C)OC1C/C=C/2. The number of rotatable bonds is 4. The number of aliphatic hydroxyl groups excluding tert-OH is 1. The monoisotopic (exact) mass is 434 g/mol. The van der Waals surface area contributed by atoms with Crippen LogP contribution in [0.25, 0.3) is 6.08 Å². The van der Waals surface area contributed by atoms with Crippen LogP contribution in [0.4, 0.5) is 0 Å². The number of methoxy groups -OCH3 is 2. The first-order valence-electron chi connectivity index (χ1n) is 10.2. The van der Waals surface area contributed by atoms with E-state index < -0.39 is 24.0 Å². The van der Waals surface area contributed by atoms with E-state index in [9.17, 15) is 9.90 Å². The van der Waals surface area contributed by atoms with Crippen LogP contribution in [0.5, 0.6) is 11.5 Å². The smallest absolute Gasteiger partial charge is 0.342 e. The molecule has 0 spiro atoms. The Labute approximate surface area is 182 Å². The minimum atomic E-state index is -0.833. The van der Waals surface area contributed by atoms with E-state index >= 15 is 0 Å². The van der Waals surface area contributed by atoms with Crippen molar-refractivity contribution in [3.63, 3.8) is 0 Å². The zero-order valence-corrected chi connectivity index (χ0v) is 18.3. The molecule has 0 aromatic heterocycles. The Morgan fingerprint density at radius 3 is 2.74 bits per heavy atom. The van der Waals surface area contributed by atoms with Crippen LogP contribution in [0.2, 0.25) is 0 Å². The van der Waals surface area contributed by atoms with Gasteiger partial charge < -0.3 is 33.5 Å². The molecule has 1 aromatic carbocycles. The molecule has 2 aliphatic heterocycles. The fraction of sp³-hybridized carbons (Fsp3) is 0.522. The third-order valence-corrected chi connectivity index (χ3v) is 4.95. The summed E-state index contributed by atoms with van der Waals surface area (Å²) in [6.07, 6.45) is 6.31. The summed E-state index contributed by atoms with van der Waals surface area (Å²) in [7, 11) is 3.04. The summed E-state index contributed by atoms with van der Waals surface area (Å²) in [4.78, 5) is 12.9. The van der Waals surface area contributed by atoms with Gasteiger partial charge in [0.15, 0.2) is 12.6 Å². The van der Waals surface area contributed by atoms with Crippen molar-refractivity contribution in [2.24, 2.45) is 0 Å². The normalized spacial score (nSPS) is 27.9. The van der Waals surface area contributed by atoms with Gasteiger partial charge in [0.25, 0.3) is 0 Å². The standard InChI is InChI=1S/C23H30O8/c1-23(2)30-18-10-7-8-15-12-16(27-4)13-19(29-14-26-3)20(15)22(25)28-11-6-5-9-17(24)21(18)31-23/h5,7-9,12-13,17-18,21,24H,6,10-11,14H2,1-4H3/b8-7+,9-5-. The zero-order chi connectivity index (χ0) is 22.4. The molecule has 1 N–H and O–H groups in total. The van der Waals surface area contributed by atoms with E-state index in [4.69, 9.17) is 28.4 Å². The van der Waals surface area contributed by atoms with Crippen LogP contribution in [0.15, 0.2) is 30.4 Å². The van der Waals surface area contributed by atoms with Gasteiger partial charge >= 0.3 is 5.97 Å². The maximum absolute atomic E-state index is 12.9. The molecular weight excluding hydrogens is 404 g/mol. The van der Waals surface area contributed by atoms with Crippen molar-refractivity contribution in [1.82, 2.24) is 0 Å². The highest BCUT2D eigenvalue weighted by molar-refractivity contribution is 5.97. The van der Waals surface area contributed by atoms with Crippen molar-refractivity contribution in [3.05, 3.63) is 41.5 Å². The molecule has 2 heterocycles. The quantitative estimate of drug-likeness (QED) is 0.439. The van der Waals surface area contributed by atoms with E-state index in [0.29, 0.717) is 29.9 Å². The van der Waals surface area contributed by atoms with Gasteiger partial charge in [0.2, 0.25) is 0 Å². The van der Waals surface area contributed by atoms with E-state index in [1.165, 1.54) is 14.2 Å². The molecule has 0 aliphatic carbocycles. The molecule has 3 atom stereocenters. The lowest BCUT2D eigenvalue weighted by molar-refractivity contribution is -0.152. The minimum absolute atomic E-state index is 0.0265. The maximum Gasteiger partial charge on any atom is 0.342 e. The van der Waals surface area contributed by atoms with Gasteiger partial charge in [-0.3, -0.25) is 0 Å². The van der Waals surface area contributed by atoms with Crippen molar-refractivity contribution >= 4 is 12.0 Å². The van der Waals surface area contributed by atoms with Crippen LogP contribution < -0.4 is 9.47 Å². The zero-order valence-electron chi connectivity index (χ0n) is 18.3. The van der Waals surface area contributed by atoms with Crippen LogP contribution in [0.1, 0.15) is 42.6 Å². The average molecular weight is 434 g/mol. The van der Waals surface area contributed by atoms with E-state index in [1.807, 2.05) is 19.9 Å². The minimum Gasteiger partial charge on any atom is -0.497 e. The molecule has 0 radical (unpaired) electrons. The van der Waals surface area contributed by atoms with Crippen LogP contribution in [-0.4, -0.2) is 62.8 Å². The molecule has 0 saturated carbocycles. The Morgan fingerprint density at radius 2 is 2.00 bits per heavy atom. The predicted octanol–water partition coefficient (Wildman–Crippen LogP) is 3.08. The molecule has 1 aromatic rings. The maximum atomic E-state index is 12.9. The van der Waals surface area contributed by atoms with E-state index in [-0.39, 0.29) is 25.1 Å². The van der Waals surface area contributed by atoms with Gasteiger partial charge in [-0.2, -0.15) is 0 Å². The Bertz CT molecular complexity index is 829. The van der Waals surface area contributed by atoms with Gasteiger partial charge in [-0.15, -0.1) is 0 Å². The van der Waals surface area contributed by atoms with Gasteiger partial charge in [0.05, 0.1) is 19.8 Å². The van der Waals surface area contributed by atoms with Crippen molar-refractivity contribution in [2.75, 3.05) is 27.6 Å². The number of ether oxygens (including phenoxy) is 6. The Balaban J connectivity index is 1.98. The first kappa shape index (κ1) is 23.3. The molecule has 3 rings (SSSR count). The molecule has 8 heteroatoms. The van der Waals surface area contributed by atoms with Gasteiger partial charge in [0.1, 0.15) is 29.3 Å². The molecule has 0 amide bonds. The van der Waals surface area contributed by atoms with Crippen LogP contribution in [-0.2, 0) is 18.9 Å². The second kappa shape index (κ2) is 10.3. The number of carbonyl (C=O) groups excluding carboxylic acids is 1. The van der Waals surface area contributed by atoms with Gasteiger partial charge in [0, 0.05) is 13.2 Å². The number of hydrogen-bond acceptors (Lipinski definition) is 8. The van der Waals surface area contributed by atoms with E-state index in [0.717, 1.165) is 0 Å². The lowest BCUT2D eigenvalue weighted by atomic mass is 10.0. The highest BCUT2D eigenvalue weighted by Crippen LogP contribution is 2.34. The summed E-state index contributed by atoms with van der Waals surface area (Å²) in [5, 5.41) is 10.5. The summed E-state index contributed by atoms with van der Waals surface area (Å²) < 4.78 is 33.3. The first-order valence-corrected chi connectivity index (χ1v) is 10.2. The third kappa shape index (κ3) is 5.86. The number of esters is 1. The number of hydrogen-bond donors (Lipinski definition) is 1. The molecule has 8 nitrogen and oxygen atoms in total. The summed E-state index contributed by atoms with van der Waals surface area (Å²) in [6, 6.07) is 3.36. The summed E-state index contributed by atoms with van der Waals surface area (Å²) in [6.45, 7) is 3.76. The molecule has 2 aliphatic rings. The lowest BCUT2D eigenvalue weighted by Crippen LogP contribution is -2.34. The van der Waals surface area contributed by atoms with Gasteiger partial charge in [-0.1, -0.05) is 24.3 Å². The largest absolute Gasteiger partial charge is 0.497 e. The number of fused-ring (bicyclic) bond motifs is 2. The number of benzene rings is 1. The van der Waals surface area contributed by atoms with Crippen molar-refractivity contribution in [1.29, 1.82) is 0 Å². The molecule has 170 valence electrons. The fourth-order valence-electron chi connectivity index (χ4n) is 3.62. The highest BCUT2D eigenvalue weighted by atomic mass is 16.8. The van der Waals surface area contributed by atoms with E-state index in [2.05, 4.69) is 0 Å². The number of carbonyl (C=O) groups is 1. The van der Waals surface area contributed by atoms with Gasteiger partial charge in [-0.05, 0) is 38.3 Å². The Kier molecular flexibility index (Phi) is 7.72. The second-order valence-electron chi connectivity index (χ2n) is 7.76. The first-order chi connectivity index (χ1) is 14.8. The summed E-state index contributed by atoms with van der Waals surface area (Å²) in [5.41, 5.74) is 0.869. The highest BCUT2D eigenvalue weighted by Gasteiger charge is 2.43. The van der Waals surface area contributed by atoms with Crippen LogP contribution in [0.3, 0.4) is 0 Å². The van der Waals surface area contributed by atoms with Gasteiger partial charge in [-0.25, -0.2) is 4.79 Å². The fourth-order valence-corrected chi connectivity index (χ4v) is 3.62. The number of aliphatic hydroxyl groups is 1. The predicted molar refractivity (Wildman–Crippen MR) is 113 cm³/mol. The molecule has 1 saturated heterocycles. The average Bonchev–Trinajstić information content (AvgIpc) is 3.05. The molecule has 31 heavy (non-hydrogen) atoms. The Hall–Kier alpha value is -2.39.